The number of nitrogens with zero attached hydrogens (tertiary/aromatic N) is 2. The topological polar surface area (TPSA) is 57.3 Å². The van der Waals surface area contributed by atoms with Crippen molar-refractivity contribution in [1.29, 1.82) is 0 Å². The highest BCUT2D eigenvalue weighted by Crippen LogP contribution is 2.37. The van der Waals surface area contributed by atoms with Crippen LogP contribution in [-0.4, -0.2) is 48.5 Å². The molecule has 3 heterocycles. The second-order valence-corrected chi connectivity index (χ2v) is 7.09. The van der Waals surface area contributed by atoms with Gasteiger partial charge in [-0.3, -0.25) is 9.78 Å². The fraction of sp³-hybridized carbons (Fsp3) is 0.667. The van der Waals surface area contributed by atoms with Crippen molar-refractivity contribution in [3.05, 3.63) is 29.6 Å². The molecule has 0 saturated carbocycles. The highest BCUT2D eigenvalue weighted by Gasteiger charge is 2.42. The minimum atomic E-state index is -0.0342. The Kier molecular flexibility index (Phi) is 4.97. The molecular weight excluding hydrogens is 288 g/mol. The lowest BCUT2D eigenvalue weighted by atomic mass is 9.77. The second-order valence-electron chi connectivity index (χ2n) is 7.09. The van der Waals surface area contributed by atoms with Crippen LogP contribution in [0.4, 0.5) is 0 Å². The van der Waals surface area contributed by atoms with E-state index in [0.29, 0.717) is 12.0 Å². The molecule has 1 unspecified atom stereocenters. The molecule has 0 radical (unpaired) electrons. The second kappa shape index (κ2) is 6.97. The molecule has 1 atom stereocenters. The predicted octanol–water partition coefficient (Wildman–Crippen LogP) is 1.33. The third-order valence-electron chi connectivity index (χ3n) is 5.39. The molecule has 5 nitrogen and oxygen atoms in total. The Morgan fingerprint density at radius 2 is 2.17 bits per heavy atom. The van der Waals surface area contributed by atoms with E-state index in [4.69, 9.17) is 0 Å². The molecule has 2 aliphatic rings. The third kappa shape index (κ3) is 3.72. The number of nitrogens with one attached hydrogen (secondary N) is 2. The maximum Gasteiger partial charge on any atom is 0.239 e. The van der Waals surface area contributed by atoms with Crippen molar-refractivity contribution in [2.24, 2.45) is 5.41 Å². The SMILES string of the molecule is CCc1ccc(CN(C)C(=O)C2CC3(CCNCC3)CN2)nc1. The number of piperidine rings is 1. The Morgan fingerprint density at radius 3 is 2.83 bits per heavy atom. The largest absolute Gasteiger partial charge is 0.339 e. The third-order valence-corrected chi connectivity index (χ3v) is 5.39. The predicted molar refractivity (Wildman–Crippen MR) is 91.0 cm³/mol. The molecule has 3 rings (SSSR count). The number of carbonyl (C=O) groups is 1. The van der Waals surface area contributed by atoms with Crippen molar-refractivity contribution >= 4 is 5.91 Å². The maximum atomic E-state index is 12.7. The molecule has 23 heavy (non-hydrogen) atoms. The summed E-state index contributed by atoms with van der Waals surface area (Å²) in [6, 6.07) is 4.09. The summed E-state index contributed by atoms with van der Waals surface area (Å²) in [5.41, 5.74) is 2.51. The van der Waals surface area contributed by atoms with E-state index in [9.17, 15) is 4.79 Å². The minimum absolute atomic E-state index is 0.0342. The molecule has 2 aliphatic heterocycles. The summed E-state index contributed by atoms with van der Waals surface area (Å²) < 4.78 is 0. The number of amides is 1. The van der Waals surface area contributed by atoms with Gasteiger partial charge in [0, 0.05) is 19.8 Å². The van der Waals surface area contributed by atoms with Gasteiger partial charge in [-0.25, -0.2) is 0 Å². The zero-order valence-corrected chi connectivity index (χ0v) is 14.3. The van der Waals surface area contributed by atoms with Gasteiger partial charge in [0.2, 0.25) is 5.91 Å². The van der Waals surface area contributed by atoms with Gasteiger partial charge < -0.3 is 15.5 Å². The Hall–Kier alpha value is -1.46. The zero-order valence-electron chi connectivity index (χ0n) is 14.3. The smallest absolute Gasteiger partial charge is 0.239 e. The minimum Gasteiger partial charge on any atom is -0.339 e. The highest BCUT2D eigenvalue weighted by atomic mass is 16.2. The normalized spacial score (nSPS) is 23.1. The van der Waals surface area contributed by atoms with Crippen LogP contribution in [0.3, 0.4) is 0 Å². The summed E-state index contributed by atoms with van der Waals surface area (Å²) in [6.07, 6.45) is 6.22. The first-order chi connectivity index (χ1) is 11.1. The molecule has 1 spiro atoms. The number of rotatable bonds is 4. The van der Waals surface area contributed by atoms with E-state index in [1.165, 1.54) is 18.4 Å². The summed E-state index contributed by atoms with van der Waals surface area (Å²) in [7, 11) is 1.88. The summed E-state index contributed by atoms with van der Waals surface area (Å²) in [5.74, 6) is 0.196. The molecule has 0 aromatic carbocycles. The summed E-state index contributed by atoms with van der Waals surface area (Å²) in [5, 5.41) is 6.88. The Labute approximate surface area is 138 Å². The first-order valence-electron chi connectivity index (χ1n) is 8.75. The van der Waals surface area contributed by atoms with E-state index >= 15 is 0 Å². The van der Waals surface area contributed by atoms with Gasteiger partial charge >= 0.3 is 0 Å². The van der Waals surface area contributed by atoms with Crippen molar-refractivity contribution in [2.75, 3.05) is 26.7 Å². The lowest BCUT2D eigenvalue weighted by Gasteiger charge is -2.33. The van der Waals surface area contributed by atoms with Gasteiger partial charge in [-0.15, -0.1) is 0 Å². The van der Waals surface area contributed by atoms with Crippen LogP contribution in [0.1, 0.15) is 37.4 Å². The monoisotopic (exact) mass is 316 g/mol. The molecular formula is C18H28N4O. The van der Waals surface area contributed by atoms with Crippen LogP contribution in [0.15, 0.2) is 18.3 Å². The Bertz CT molecular complexity index is 536. The van der Waals surface area contributed by atoms with Crippen LogP contribution in [0.5, 0.6) is 0 Å². The molecule has 0 aliphatic carbocycles. The maximum absolute atomic E-state index is 12.7. The number of aromatic nitrogens is 1. The van der Waals surface area contributed by atoms with E-state index < -0.39 is 0 Å². The van der Waals surface area contributed by atoms with Gasteiger partial charge in [-0.1, -0.05) is 13.0 Å². The first-order valence-corrected chi connectivity index (χ1v) is 8.75. The van der Waals surface area contributed by atoms with Crippen LogP contribution in [0.25, 0.3) is 0 Å². The number of carbonyl (C=O) groups excluding carboxylic acids is 1. The number of pyridine rings is 1. The highest BCUT2D eigenvalue weighted by molar-refractivity contribution is 5.82. The fourth-order valence-corrected chi connectivity index (χ4v) is 3.77. The van der Waals surface area contributed by atoms with E-state index in [0.717, 1.165) is 38.2 Å². The molecule has 1 aromatic heterocycles. The van der Waals surface area contributed by atoms with Gasteiger partial charge in [0.1, 0.15) is 0 Å². The van der Waals surface area contributed by atoms with Crippen LogP contribution in [-0.2, 0) is 17.8 Å². The van der Waals surface area contributed by atoms with Gasteiger partial charge in [0.25, 0.3) is 0 Å². The summed E-state index contributed by atoms with van der Waals surface area (Å²) in [4.78, 5) is 19.0. The van der Waals surface area contributed by atoms with Crippen molar-refractivity contribution in [3.8, 4) is 0 Å². The van der Waals surface area contributed by atoms with Gasteiger partial charge in [0.15, 0.2) is 0 Å². The molecule has 5 heteroatoms. The molecule has 0 bridgehead atoms. The average Bonchev–Trinajstić information content (AvgIpc) is 2.99. The summed E-state index contributed by atoms with van der Waals surface area (Å²) in [6.45, 7) is 5.82. The van der Waals surface area contributed by atoms with Crippen molar-refractivity contribution in [1.82, 2.24) is 20.5 Å². The van der Waals surface area contributed by atoms with E-state index in [-0.39, 0.29) is 11.9 Å². The quantitative estimate of drug-likeness (QED) is 0.880. The van der Waals surface area contributed by atoms with Gasteiger partial charge in [-0.05, 0) is 55.8 Å². The van der Waals surface area contributed by atoms with Crippen LogP contribution >= 0.6 is 0 Å². The molecule has 1 amide bonds. The molecule has 2 fully saturated rings. The first kappa shape index (κ1) is 16.4. The van der Waals surface area contributed by atoms with Gasteiger partial charge in [0.05, 0.1) is 18.3 Å². The Balaban J connectivity index is 1.57. The van der Waals surface area contributed by atoms with Gasteiger partial charge in [-0.2, -0.15) is 0 Å². The van der Waals surface area contributed by atoms with E-state index in [1.54, 1.807) is 0 Å². The Morgan fingerprint density at radius 1 is 1.39 bits per heavy atom. The zero-order chi connectivity index (χ0) is 16.3. The van der Waals surface area contributed by atoms with E-state index in [2.05, 4.69) is 28.6 Å². The fourth-order valence-electron chi connectivity index (χ4n) is 3.77. The molecule has 2 saturated heterocycles. The standard InChI is InChI=1S/C18H28N4O/c1-3-14-4-5-15(20-11-14)12-22(2)17(23)16-10-18(13-21-16)6-8-19-9-7-18/h4-5,11,16,19,21H,3,6-10,12-13H2,1-2H3. The summed E-state index contributed by atoms with van der Waals surface area (Å²) >= 11 is 0. The number of hydrogen-bond donors (Lipinski definition) is 2. The van der Waals surface area contributed by atoms with E-state index in [1.807, 2.05) is 24.2 Å². The van der Waals surface area contributed by atoms with Crippen LogP contribution < -0.4 is 10.6 Å². The average molecular weight is 316 g/mol. The lowest BCUT2D eigenvalue weighted by molar-refractivity contribution is -0.132. The number of hydrogen-bond acceptors (Lipinski definition) is 4. The molecule has 126 valence electrons. The number of aryl methyl sites for hydroxylation is 1. The van der Waals surface area contributed by atoms with Crippen molar-refractivity contribution in [3.63, 3.8) is 0 Å². The van der Waals surface area contributed by atoms with Crippen LogP contribution in [0, 0.1) is 5.41 Å². The van der Waals surface area contributed by atoms with Crippen molar-refractivity contribution < 1.29 is 4.79 Å². The van der Waals surface area contributed by atoms with Crippen molar-refractivity contribution in [2.45, 2.75) is 45.2 Å². The molecule has 1 aromatic rings. The number of likely N-dealkylation sites (N-methyl/N-ethyl adjacent to an activating group) is 1. The van der Waals surface area contributed by atoms with Crippen LogP contribution in [0.2, 0.25) is 0 Å². The lowest BCUT2D eigenvalue weighted by Crippen LogP contribution is -2.41. The molecule has 2 N–H and O–H groups in total.